The highest BCUT2D eigenvalue weighted by molar-refractivity contribution is 5.99. The maximum Gasteiger partial charge on any atom is 0.201 e. The predicted molar refractivity (Wildman–Crippen MR) is 119 cm³/mol. The van der Waals surface area contributed by atoms with Gasteiger partial charge >= 0.3 is 0 Å². The zero-order valence-corrected chi connectivity index (χ0v) is 17.1. The van der Waals surface area contributed by atoms with Crippen LogP contribution in [0.5, 0.6) is 0 Å². The number of nitrogens with one attached hydrogen (secondary N) is 1. The monoisotopic (exact) mass is 421 g/mol. The van der Waals surface area contributed by atoms with Gasteiger partial charge in [-0.05, 0) is 60.4 Å². The highest BCUT2D eigenvalue weighted by atomic mass is 19.1. The first-order valence-corrected chi connectivity index (χ1v) is 10.2. The van der Waals surface area contributed by atoms with E-state index in [1.54, 1.807) is 25.4 Å². The van der Waals surface area contributed by atoms with Crippen molar-refractivity contribution >= 4 is 33.4 Å². The summed E-state index contributed by atoms with van der Waals surface area (Å²) in [5, 5.41) is 21.4. The van der Waals surface area contributed by atoms with E-state index in [0.29, 0.717) is 35.3 Å². The van der Waals surface area contributed by atoms with E-state index in [-0.39, 0.29) is 5.82 Å². The summed E-state index contributed by atoms with van der Waals surface area (Å²) in [7, 11) is 0. The van der Waals surface area contributed by atoms with Gasteiger partial charge in [-0.25, -0.2) is 9.37 Å². The molecule has 0 aliphatic carbocycles. The summed E-state index contributed by atoms with van der Waals surface area (Å²) in [5.74, 6) is -0.205. The second kappa shape index (κ2) is 6.82. The van der Waals surface area contributed by atoms with Gasteiger partial charge in [0.05, 0.1) is 16.8 Å². The number of aryl methyl sites for hydroxylation is 1. The molecule has 6 rings (SSSR count). The smallest absolute Gasteiger partial charge is 0.201 e. The van der Waals surface area contributed by atoms with Crippen molar-refractivity contribution in [3.05, 3.63) is 71.3 Å². The fourth-order valence-corrected chi connectivity index (χ4v) is 4.37. The summed E-state index contributed by atoms with van der Waals surface area (Å²) < 4.78 is 14.1. The average Bonchev–Trinajstić information content (AvgIpc) is 3.44. The number of hydrogen-bond acceptors (Lipinski definition) is 6. The Hall–Kier alpha value is -4.38. The van der Waals surface area contributed by atoms with Crippen LogP contribution in [0.4, 0.5) is 15.8 Å². The first-order chi connectivity index (χ1) is 15.6. The number of nitriles is 1. The minimum Gasteiger partial charge on any atom is -0.339 e. The maximum absolute atomic E-state index is 14.1. The Morgan fingerprint density at radius 1 is 1.03 bits per heavy atom. The quantitative estimate of drug-likeness (QED) is 0.448. The first kappa shape index (κ1) is 18.4. The Kier molecular flexibility index (Phi) is 3.92. The molecule has 1 aliphatic heterocycles. The van der Waals surface area contributed by atoms with Crippen molar-refractivity contribution in [1.29, 1.82) is 5.26 Å². The van der Waals surface area contributed by atoms with Crippen LogP contribution < -0.4 is 4.90 Å². The molecule has 0 atom stereocenters. The van der Waals surface area contributed by atoms with Crippen molar-refractivity contribution < 1.29 is 4.39 Å². The SMILES string of the molecule is Cc1cc2c(cc1F)CCN2c1c(C#N)cnc2ccc(-c3cnc4n[nH]nc4c3)cc12. The van der Waals surface area contributed by atoms with Crippen LogP contribution in [-0.4, -0.2) is 31.9 Å². The number of aromatic amines is 1. The van der Waals surface area contributed by atoms with Crippen LogP contribution >= 0.6 is 0 Å². The van der Waals surface area contributed by atoms with Gasteiger partial charge in [0.25, 0.3) is 0 Å². The molecule has 0 saturated carbocycles. The van der Waals surface area contributed by atoms with Gasteiger partial charge in [-0.1, -0.05) is 6.07 Å². The highest BCUT2D eigenvalue weighted by Gasteiger charge is 2.26. The van der Waals surface area contributed by atoms with E-state index in [0.717, 1.165) is 39.0 Å². The molecule has 1 N–H and O–H groups in total. The molecule has 2 aromatic carbocycles. The third kappa shape index (κ3) is 2.72. The van der Waals surface area contributed by atoms with Gasteiger partial charge in [-0.15, -0.1) is 5.10 Å². The fourth-order valence-electron chi connectivity index (χ4n) is 4.37. The molecule has 1 aliphatic rings. The van der Waals surface area contributed by atoms with Crippen molar-refractivity contribution in [2.45, 2.75) is 13.3 Å². The van der Waals surface area contributed by atoms with Gasteiger partial charge in [0.1, 0.15) is 17.4 Å². The Labute approximate surface area is 182 Å². The summed E-state index contributed by atoms with van der Waals surface area (Å²) in [6.07, 6.45) is 4.08. The summed E-state index contributed by atoms with van der Waals surface area (Å²) >= 11 is 0. The van der Waals surface area contributed by atoms with Crippen molar-refractivity contribution in [2.75, 3.05) is 11.4 Å². The number of nitrogens with zero attached hydrogens (tertiary/aromatic N) is 6. The zero-order valence-electron chi connectivity index (χ0n) is 17.1. The summed E-state index contributed by atoms with van der Waals surface area (Å²) in [6, 6.07) is 13.6. The molecule has 0 unspecified atom stereocenters. The van der Waals surface area contributed by atoms with Crippen LogP contribution in [0.2, 0.25) is 0 Å². The van der Waals surface area contributed by atoms with Gasteiger partial charge in [0.15, 0.2) is 0 Å². The molecule has 32 heavy (non-hydrogen) atoms. The predicted octanol–water partition coefficient (Wildman–Crippen LogP) is 4.58. The van der Waals surface area contributed by atoms with Crippen molar-refractivity contribution in [3.8, 4) is 17.2 Å². The van der Waals surface area contributed by atoms with Crippen LogP contribution in [0, 0.1) is 24.1 Å². The molecule has 0 amide bonds. The van der Waals surface area contributed by atoms with Crippen molar-refractivity contribution in [3.63, 3.8) is 0 Å². The number of pyridine rings is 2. The molecule has 4 heterocycles. The number of hydrogen-bond donors (Lipinski definition) is 1. The first-order valence-electron chi connectivity index (χ1n) is 10.2. The summed E-state index contributed by atoms with van der Waals surface area (Å²) in [6.45, 7) is 2.43. The van der Waals surface area contributed by atoms with Crippen LogP contribution in [0.25, 0.3) is 33.2 Å². The number of H-pyrrole nitrogens is 1. The molecule has 0 fully saturated rings. The number of aromatic nitrogens is 5. The summed E-state index contributed by atoms with van der Waals surface area (Å²) in [4.78, 5) is 11.0. The Bertz CT molecular complexity index is 1580. The minimum atomic E-state index is -0.205. The van der Waals surface area contributed by atoms with Gasteiger partial charge in [-0.2, -0.15) is 15.6 Å². The van der Waals surface area contributed by atoms with Crippen molar-refractivity contribution in [2.24, 2.45) is 0 Å². The number of anilines is 2. The highest BCUT2D eigenvalue weighted by Crippen LogP contribution is 2.41. The molecule has 0 bridgehead atoms. The molecule has 3 aromatic heterocycles. The molecule has 0 saturated heterocycles. The average molecular weight is 421 g/mol. The lowest BCUT2D eigenvalue weighted by Crippen LogP contribution is -2.15. The lowest BCUT2D eigenvalue weighted by molar-refractivity contribution is 0.617. The number of rotatable bonds is 2. The number of benzene rings is 2. The third-order valence-corrected chi connectivity index (χ3v) is 5.99. The van der Waals surface area contributed by atoms with E-state index in [1.165, 1.54) is 0 Å². The zero-order chi connectivity index (χ0) is 21.8. The molecule has 0 radical (unpaired) electrons. The Morgan fingerprint density at radius 2 is 1.94 bits per heavy atom. The largest absolute Gasteiger partial charge is 0.339 e. The molecular formula is C24H16FN7. The number of fused-ring (bicyclic) bond motifs is 3. The second-order valence-corrected chi connectivity index (χ2v) is 7.89. The third-order valence-electron chi connectivity index (χ3n) is 5.99. The van der Waals surface area contributed by atoms with Crippen LogP contribution in [0.1, 0.15) is 16.7 Å². The van der Waals surface area contributed by atoms with E-state index < -0.39 is 0 Å². The summed E-state index contributed by atoms with van der Waals surface area (Å²) in [5.41, 5.74) is 7.57. The van der Waals surface area contributed by atoms with E-state index in [4.69, 9.17) is 0 Å². The Morgan fingerprint density at radius 3 is 2.81 bits per heavy atom. The van der Waals surface area contributed by atoms with Crippen molar-refractivity contribution in [1.82, 2.24) is 25.4 Å². The van der Waals surface area contributed by atoms with Gasteiger partial charge in [0, 0.05) is 35.6 Å². The Balaban J connectivity index is 1.57. The molecule has 0 spiro atoms. The van der Waals surface area contributed by atoms with Gasteiger partial charge in [0.2, 0.25) is 5.65 Å². The standard InChI is InChI=1S/C24H16FN7/c1-13-6-22-15(8-19(13)25)4-5-32(22)23-17(10-26)12-27-20-3-2-14(7-18(20)23)16-9-21-24(28-11-16)30-31-29-21/h2-3,6-9,11-12H,4-5H2,1H3,(H,28,29,30,31). The van der Waals surface area contributed by atoms with Crippen LogP contribution in [0.3, 0.4) is 0 Å². The van der Waals surface area contributed by atoms with Gasteiger partial charge < -0.3 is 4.90 Å². The lowest BCUT2D eigenvalue weighted by Gasteiger charge is -2.23. The van der Waals surface area contributed by atoms with Crippen LogP contribution in [-0.2, 0) is 6.42 Å². The normalized spacial score (nSPS) is 13.0. The van der Waals surface area contributed by atoms with E-state index in [1.807, 2.05) is 30.3 Å². The molecule has 154 valence electrons. The lowest BCUT2D eigenvalue weighted by atomic mass is 10.0. The molecular weight excluding hydrogens is 405 g/mol. The van der Waals surface area contributed by atoms with E-state index in [2.05, 4.69) is 36.3 Å². The van der Waals surface area contributed by atoms with E-state index >= 15 is 0 Å². The minimum absolute atomic E-state index is 0.205. The van der Waals surface area contributed by atoms with Crippen LogP contribution in [0.15, 0.2) is 48.8 Å². The van der Waals surface area contributed by atoms with Gasteiger partial charge in [-0.3, -0.25) is 4.98 Å². The maximum atomic E-state index is 14.1. The second-order valence-electron chi connectivity index (χ2n) is 7.89. The topological polar surface area (TPSA) is 94.4 Å². The molecule has 5 aromatic rings. The molecule has 7 nitrogen and oxygen atoms in total. The van der Waals surface area contributed by atoms with E-state index in [9.17, 15) is 9.65 Å². The number of halogens is 1. The molecule has 8 heteroatoms. The fraction of sp³-hybridized carbons (Fsp3) is 0.125.